The lowest BCUT2D eigenvalue weighted by Gasteiger charge is -2.40. The third kappa shape index (κ3) is 5.24. The maximum atomic E-state index is 13.5. The van der Waals surface area contributed by atoms with Gasteiger partial charge in [-0.1, -0.05) is 13.8 Å². The molecule has 7 nitrogen and oxygen atoms in total. The van der Waals surface area contributed by atoms with Gasteiger partial charge in [0, 0.05) is 37.7 Å². The van der Waals surface area contributed by atoms with Gasteiger partial charge < -0.3 is 15.3 Å². The maximum Gasteiger partial charge on any atom is 0.393 e. The van der Waals surface area contributed by atoms with Crippen molar-refractivity contribution in [2.24, 2.45) is 11.8 Å². The summed E-state index contributed by atoms with van der Waals surface area (Å²) in [5, 5.41) is 12.5. The van der Waals surface area contributed by atoms with Crippen LogP contribution in [0.5, 0.6) is 0 Å². The van der Waals surface area contributed by atoms with Crippen LogP contribution in [0.1, 0.15) is 20.3 Å². The van der Waals surface area contributed by atoms with Crippen molar-refractivity contribution >= 4 is 35.2 Å². The summed E-state index contributed by atoms with van der Waals surface area (Å²) in [6.07, 6.45) is -1.54. The number of carbonyl (C=O) groups is 1. The average Bonchev–Trinajstić information content (AvgIpc) is 2.65. The quantitative estimate of drug-likeness (QED) is 0.769. The van der Waals surface area contributed by atoms with E-state index >= 15 is 0 Å². The van der Waals surface area contributed by atoms with Crippen LogP contribution < -0.4 is 10.2 Å². The van der Waals surface area contributed by atoms with Crippen molar-refractivity contribution in [1.29, 1.82) is 0 Å². The highest BCUT2D eigenvalue weighted by atomic mass is 35.5. The zero-order chi connectivity index (χ0) is 20.5. The summed E-state index contributed by atoms with van der Waals surface area (Å²) in [6, 6.07) is 0.832. The van der Waals surface area contributed by atoms with E-state index in [-0.39, 0.29) is 37.8 Å². The number of pyridine rings is 1. The molecule has 29 heavy (non-hydrogen) atoms. The van der Waals surface area contributed by atoms with Gasteiger partial charge >= 0.3 is 6.18 Å². The first-order valence-corrected chi connectivity index (χ1v) is 9.02. The van der Waals surface area contributed by atoms with Crippen LogP contribution in [0.3, 0.4) is 0 Å². The third-order valence-electron chi connectivity index (χ3n) is 4.85. The number of piperidine rings is 1. The Hall–Kier alpha value is -2.20. The summed E-state index contributed by atoms with van der Waals surface area (Å²) in [5.74, 6) is -2.62. The smallest absolute Gasteiger partial charge is 0.383 e. The molecule has 0 spiro atoms. The van der Waals surface area contributed by atoms with E-state index in [1.54, 1.807) is 24.8 Å². The van der Waals surface area contributed by atoms with Crippen LogP contribution in [0, 0.1) is 11.8 Å². The Morgan fingerprint density at radius 1 is 1.21 bits per heavy atom. The van der Waals surface area contributed by atoms with Gasteiger partial charge in [-0.2, -0.15) is 13.2 Å². The molecule has 0 aromatic carbocycles. The van der Waals surface area contributed by atoms with Crippen molar-refractivity contribution in [3.8, 4) is 0 Å². The lowest BCUT2D eigenvalue weighted by Crippen LogP contribution is -2.55. The second-order valence-corrected chi connectivity index (χ2v) is 7.33. The topological polar surface area (TPSA) is 91.2 Å². The van der Waals surface area contributed by atoms with E-state index in [1.807, 2.05) is 0 Å². The molecule has 3 rings (SSSR count). The molecule has 3 atom stereocenters. The molecule has 2 aromatic rings. The first-order valence-electron chi connectivity index (χ1n) is 9.02. The van der Waals surface area contributed by atoms with E-state index in [4.69, 9.17) is 0 Å². The zero-order valence-electron chi connectivity index (χ0n) is 15.9. The number of amides is 1. The van der Waals surface area contributed by atoms with Crippen LogP contribution in [0.2, 0.25) is 0 Å². The molecule has 1 aliphatic heterocycles. The van der Waals surface area contributed by atoms with Crippen molar-refractivity contribution in [3.05, 3.63) is 24.7 Å². The molecule has 160 valence electrons. The molecule has 1 amide bonds. The van der Waals surface area contributed by atoms with Crippen LogP contribution in [0.15, 0.2) is 24.7 Å². The van der Waals surface area contributed by atoms with Crippen LogP contribution in [0.25, 0.3) is 11.2 Å². The molecule has 0 radical (unpaired) electrons. The van der Waals surface area contributed by atoms with Gasteiger partial charge in [0.25, 0.3) is 0 Å². The van der Waals surface area contributed by atoms with E-state index in [9.17, 15) is 23.1 Å². The molecule has 1 aliphatic rings. The number of anilines is 1. The number of aromatic nitrogens is 3. The molecular formula is C18H23ClF3N5O2. The molecule has 0 bridgehead atoms. The molecule has 1 unspecified atom stereocenters. The second-order valence-electron chi connectivity index (χ2n) is 7.33. The average molecular weight is 434 g/mol. The summed E-state index contributed by atoms with van der Waals surface area (Å²) >= 11 is 0. The van der Waals surface area contributed by atoms with Crippen molar-refractivity contribution < 1.29 is 23.1 Å². The monoisotopic (exact) mass is 433 g/mol. The van der Waals surface area contributed by atoms with Gasteiger partial charge in [-0.25, -0.2) is 15.0 Å². The van der Waals surface area contributed by atoms with E-state index in [0.717, 1.165) is 0 Å². The first-order chi connectivity index (χ1) is 13.2. The fourth-order valence-corrected chi connectivity index (χ4v) is 3.35. The second kappa shape index (κ2) is 9.08. The van der Waals surface area contributed by atoms with E-state index < -0.39 is 30.1 Å². The van der Waals surface area contributed by atoms with E-state index in [1.165, 1.54) is 18.6 Å². The number of hydrogen-bond donors (Lipinski definition) is 2. The Balaban J connectivity index is 0.00000300. The minimum Gasteiger partial charge on any atom is -0.383 e. The van der Waals surface area contributed by atoms with Gasteiger partial charge in [-0.15, -0.1) is 12.4 Å². The molecule has 3 heterocycles. The number of alkyl halides is 3. The van der Waals surface area contributed by atoms with Crippen molar-refractivity contribution in [2.45, 2.75) is 38.6 Å². The molecule has 0 saturated carbocycles. The molecule has 0 aliphatic carbocycles. The van der Waals surface area contributed by atoms with Gasteiger partial charge in [-0.3, -0.25) is 4.79 Å². The third-order valence-corrected chi connectivity index (χ3v) is 4.85. The number of nitrogens with zero attached hydrogens (tertiary/aromatic N) is 4. The largest absolute Gasteiger partial charge is 0.393 e. The predicted molar refractivity (Wildman–Crippen MR) is 104 cm³/mol. The number of halogens is 4. The minimum atomic E-state index is -4.41. The van der Waals surface area contributed by atoms with Gasteiger partial charge in [0.05, 0.1) is 11.6 Å². The van der Waals surface area contributed by atoms with Crippen LogP contribution >= 0.6 is 12.4 Å². The van der Waals surface area contributed by atoms with Crippen LogP contribution in [0.4, 0.5) is 18.9 Å². The number of aliphatic hydroxyl groups excluding tert-OH is 1. The number of carbonyl (C=O) groups excluding carboxylic acids is 1. The summed E-state index contributed by atoms with van der Waals surface area (Å²) < 4.78 is 40.5. The molecule has 1 fully saturated rings. The van der Waals surface area contributed by atoms with Crippen molar-refractivity contribution in [3.63, 3.8) is 0 Å². The van der Waals surface area contributed by atoms with Gasteiger partial charge in [-0.05, 0) is 18.4 Å². The maximum absolute atomic E-state index is 13.5. The summed E-state index contributed by atoms with van der Waals surface area (Å²) in [5.41, 5.74) is 1.22. The molecule has 11 heteroatoms. The van der Waals surface area contributed by atoms with E-state index in [2.05, 4.69) is 20.3 Å². The highest BCUT2D eigenvalue weighted by Gasteiger charge is 2.45. The van der Waals surface area contributed by atoms with E-state index in [0.29, 0.717) is 16.9 Å². The number of rotatable bonds is 4. The van der Waals surface area contributed by atoms with Gasteiger partial charge in [0.2, 0.25) is 5.91 Å². The lowest BCUT2D eigenvalue weighted by atomic mass is 9.92. The number of hydrogen-bond acceptors (Lipinski definition) is 6. The number of fused-ring (bicyclic) bond motifs is 1. The highest BCUT2D eigenvalue weighted by molar-refractivity contribution is 5.86. The molecule has 2 aromatic heterocycles. The SMILES string of the molecule is CC(C)C(O)C(=O)N[C@@H]1C[C@H](C(F)(F)F)CN(c2ccnc3nccnc23)C1.Cl. The summed E-state index contributed by atoms with van der Waals surface area (Å²) in [4.78, 5) is 26.1. The normalized spacial score (nSPS) is 21.0. The predicted octanol–water partition coefficient (Wildman–Crippen LogP) is 2.34. The highest BCUT2D eigenvalue weighted by Crippen LogP contribution is 2.36. The summed E-state index contributed by atoms with van der Waals surface area (Å²) in [6.45, 7) is 3.24. The Morgan fingerprint density at radius 2 is 1.86 bits per heavy atom. The minimum absolute atomic E-state index is 0. The number of aliphatic hydroxyl groups is 1. The van der Waals surface area contributed by atoms with Crippen molar-refractivity contribution in [1.82, 2.24) is 20.3 Å². The fraction of sp³-hybridized carbons (Fsp3) is 0.556. The van der Waals surface area contributed by atoms with Crippen LogP contribution in [-0.4, -0.2) is 57.4 Å². The molecule has 1 saturated heterocycles. The molecule has 2 N–H and O–H groups in total. The fourth-order valence-electron chi connectivity index (χ4n) is 3.35. The van der Waals surface area contributed by atoms with Gasteiger partial charge in [0.15, 0.2) is 5.65 Å². The first kappa shape index (κ1) is 23.1. The number of nitrogens with one attached hydrogen (secondary N) is 1. The Bertz CT molecular complexity index is 846. The standard InChI is InChI=1S/C18H22F3N5O2.ClH/c1-10(2)15(27)17(28)25-12-7-11(18(19,20)21)8-26(9-12)13-3-4-23-16-14(13)22-5-6-24-16;/h3-6,10-12,15,27H,7-9H2,1-2H3,(H,25,28);1H/t11-,12+,15?;/m0./s1. The van der Waals surface area contributed by atoms with Crippen LogP contribution in [-0.2, 0) is 4.79 Å². The molecular weight excluding hydrogens is 411 g/mol. The zero-order valence-corrected chi connectivity index (χ0v) is 16.7. The van der Waals surface area contributed by atoms with Crippen molar-refractivity contribution in [2.75, 3.05) is 18.0 Å². The Kier molecular flexibility index (Phi) is 7.23. The van der Waals surface area contributed by atoms with Gasteiger partial charge in [0.1, 0.15) is 11.6 Å². The lowest BCUT2D eigenvalue weighted by molar-refractivity contribution is -0.178. The Labute approximate surface area is 172 Å². The summed E-state index contributed by atoms with van der Waals surface area (Å²) in [7, 11) is 0. The Morgan fingerprint density at radius 3 is 2.52 bits per heavy atom.